The third-order valence-corrected chi connectivity index (χ3v) is 2.28. The molecule has 1 aromatic heterocycles. The number of carbonyl (C=O) groups excluding carboxylic acids is 1. The van der Waals surface area contributed by atoms with Gasteiger partial charge in [-0.15, -0.1) is 0 Å². The molecule has 90 valence electrons. The molecule has 0 saturated carbocycles. The van der Waals surface area contributed by atoms with Gasteiger partial charge < -0.3 is 13.9 Å². The van der Waals surface area contributed by atoms with Crippen LogP contribution in [-0.2, 0) is 9.47 Å². The molecule has 1 unspecified atom stereocenters. The normalized spacial score (nSPS) is 12.4. The Morgan fingerprint density at radius 2 is 2.25 bits per heavy atom. The van der Waals surface area contributed by atoms with E-state index in [2.05, 4.69) is 11.7 Å². The molecule has 4 heteroatoms. The summed E-state index contributed by atoms with van der Waals surface area (Å²) in [4.78, 5) is 11.2. The van der Waals surface area contributed by atoms with Gasteiger partial charge >= 0.3 is 5.97 Å². The summed E-state index contributed by atoms with van der Waals surface area (Å²) < 4.78 is 15.4. The summed E-state index contributed by atoms with van der Waals surface area (Å²) >= 11 is 0. The van der Waals surface area contributed by atoms with Crippen molar-refractivity contribution < 1.29 is 18.7 Å². The maximum absolute atomic E-state index is 11.2. The van der Waals surface area contributed by atoms with Crippen LogP contribution >= 0.6 is 0 Å². The molecule has 0 aromatic carbocycles. The molecule has 4 nitrogen and oxygen atoms in total. The lowest BCUT2D eigenvalue weighted by atomic mass is 10.3. The van der Waals surface area contributed by atoms with Gasteiger partial charge in [-0.1, -0.05) is 13.3 Å². The second kappa shape index (κ2) is 6.33. The summed E-state index contributed by atoms with van der Waals surface area (Å²) in [5.41, 5.74) is 0. The summed E-state index contributed by atoms with van der Waals surface area (Å²) in [5, 5.41) is 0. The van der Waals surface area contributed by atoms with Crippen LogP contribution in [0.15, 0.2) is 16.5 Å². The molecule has 16 heavy (non-hydrogen) atoms. The largest absolute Gasteiger partial charge is 0.463 e. The molecule has 0 N–H and O–H groups in total. The fourth-order valence-electron chi connectivity index (χ4n) is 1.27. The van der Waals surface area contributed by atoms with E-state index in [1.54, 1.807) is 12.1 Å². The van der Waals surface area contributed by atoms with Gasteiger partial charge in [-0.3, -0.25) is 0 Å². The lowest BCUT2D eigenvalue weighted by Crippen LogP contribution is -2.01. The van der Waals surface area contributed by atoms with Crippen molar-refractivity contribution in [3.8, 4) is 0 Å². The smallest absolute Gasteiger partial charge is 0.373 e. The van der Waals surface area contributed by atoms with E-state index in [0.29, 0.717) is 12.4 Å². The minimum Gasteiger partial charge on any atom is -0.463 e. The maximum Gasteiger partial charge on any atom is 0.373 e. The van der Waals surface area contributed by atoms with Gasteiger partial charge in [-0.2, -0.15) is 0 Å². The number of rotatable bonds is 6. The van der Waals surface area contributed by atoms with Crippen LogP contribution in [-0.4, -0.2) is 19.7 Å². The molecular weight excluding hydrogens is 208 g/mol. The first-order valence-electron chi connectivity index (χ1n) is 5.48. The van der Waals surface area contributed by atoms with E-state index in [1.807, 2.05) is 6.92 Å². The molecule has 0 aliphatic heterocycles. The van der Waals surface area contributed by atoms with Gasteiger partial charge in [-0.05, 0) is 25.5 Å². The number of ether oxygens (including phenoxy) is 2. The summed E-state index contributed by atoms with van der Waals surface area (Å²) in [6.07, 6.45) is 1.98. The molecular formula is C12H18O4. The van der Waals surface area contributed by atoms with Gasteiger partial charge in [0.15, 0.2) is 0 Å². The highest BCUT2D eigenvalue weighted by atomic mass is 16.5. The maximum atomic E-state index is 11.2. The van der Waals surface area contributed by atoms with E-state index in [9.17, 15) is 4.79 Å². The zero-order valence-corrected chi connectivity index (χ0v) is 9.99. The molecule has 0 saturated heterocycles. The van der Waals surface area contributed by atoms with Crippen LogP contribution in [0.5, 0.6) is 0 Å². The molecule has 1 rings (SSSR count). The molecule has 0 radical (unpaired) electrons. The highest BCUT2D eigenvalue weighted by molar-refractivity contribution is 5.86. The van der Waals surface area contributed by atoms with Crippen LogP contribution < -0.4 is 0 Å². The molecule has 0 spiro atoms. The van der Waals surface area contributed by atoms with Crippen LogP contribution in [0.1, 0.15) is 49.1 Å². The topological polar surface area (TPSA) is 48.7 Å². The van der Waals surface area contributed by atoms with Gasteiger partial charge in [0.05, 0.1) is 7.11 Å². The molecule has 0 amide bonds. The van der Waals surface area contributed by atoms with Gasteiger partial charge in [0.1, 0.15) is 11.9 Å². The Labute approximate surface area is 95.5 Å². The molecule has 1 aromatic rings. The Kier molecular flexibility index (Phi) is 5.05. The van der Waals surface area contributed by atoms with Crippen LogP contribution in [0.4, 0.5) is 0 Å². The van der Waals surface area contributed by atoms with Crippen molar-refractivity contribution in [3.63, 3.8) is 0 Å². The third kappa shape index (κ3) is 3.38. The average Bonchev–Trinajstić information content (AvgIpc) is 2.77. The highest BCUT2D eigenvalue weighted by Crippen LogP contribution is 2.20. The van der Waals surface area contributed by atoms with Crippen LogP contribution in [0, 0.1) is 0 Å². The number of unbranched alkanes of at least 4 members (excludes halogenated alkanes) is 1. The summed E-state index contributed by atoms with van der Waals surface area (Å²) in [7, 11) is 1.33. The first-order chi connectivity index (χ1) is 7.69. The Morgan fingerprint density at radius 1 is 1.50 bits per heavy atom. The number of hydrogen-bond acceptors (Lipinski definition) is 4. The van der Waals surface area contributed by atoms with Crippen molar-refractivity contribution >= 4 is 5.97 Å². The first-order valence-corrected chi connectivity index (χ1v) is 5.48. The van der Waals surface area contributed by atoms with E-state index in [1.165, 1.54) is 7.11 Å². The lowest BCUT2D eigenvalue weighted by molar-refractivity contribution is 0.0436. The number of carbonyl (C=O) groups is 1. The Hall–Kier alpha value is -1.29. The second-order valence-corrected chi connectivity index (χ2v) is 3.56. The molecule has 0 bridgehead atoms. The van der Waals surface area contributed by atoms with Gasteiger partial charge in [-0.25, -0.2) is 4.79 Å². The summed E-state index contributed by atoms with van der Waals surface area (Å²) in [6, 6.07) is 3.34. The lowest BCUT2D eigenvalue weighted by Gasteiger charge is -2.09. The predicted molar refractivity (Wildman–Crippen MR) is 59.3 cm³/mol. The standard InChI is InChI=1S/C12H18O4/c1-4-5-8-15-9(2)10-6-7-11(16-10)12(13)14-3/h6-7,9H,4-5,8H2,1-3H3. The molecule has 0 aliphatic rings. The monoisotopic (exact) mass is 226 g/mol. The van der Waals surface area contributed by atoms with Crippen LogP contribution in [0.2, 0.25) is 0 Å². The molecule has 0 aliphatic carbocycles. The number of hydrogen-bond donors (Lipinski definition) is 0. The van der Waals surface area contributed by atoms with Crippen molar-refractivity contribution in [1.29, 1.82) is 0 Å². The molecule has 1 atom stereocenters. The Morgan fingerprint density at radius 3 is 2.88 bits per heavy atom. The van der Waals surface area contributed by atoms with Crippen LogP contribution in [0.25, 0.3) is 0 Å². The van der Waals surface area contributed by atoms with Crippen molar-refractivity contribution in [1.82, 2.24) is 0 Å². The van der Waals surface area contributed by atoms with E-state index in [4.69, 9.17) is 9.15 Å². The minimum absolute atomic E-state index is 0.134. The highest BCUT2D eigenvalue weighted by Gasteiger charge is 2.15. The Bertz CT molecular complexity index is 330. The quantitative estimate of drug-likeness (QED) is 0.552. The number of furan rings is 1. The van der Waals surface area contributed by atoms with Gasteiger partial charge in [0, 0.05) is 6.61 Å². The number of methoxy groups -OCH3 is 1. The number of esters is 1. The zero-order valence-electron chi connectivity index (χ0n) is 9.99. The predicted octanol–water partition coefficient (Wildman–Crippen LogP) is 2.94. The summed E-state index contributed by atoms with van der Waals surface area (Å²) in [6.45, 7) is 4.71. The third-order valence-electron chi connectivity index (χ3n) is 2.28. The van der Waals surface area contributed by atoms with Crippen molar-refractivity contribution in [2.24, 2.45) is 0 Å². The van der Waals surface area contributed by atoms with Crippen LogP contribution in [0.3, 0.4) is 0 Å². The van der Waals surface area contributed by atoms with Gasteiger partial charge in [0.2, 0.25) is 5.76 Å². The van der Waals surface area contributed by atoms with Gasteiger partial charge in [0.25, 0.3) is 0 Å². The SMILES string of the molecule is CCCCOC(C)c1ccc(C(=O)OC)o1. The van der Waals surface area contributed by atoms with Crippen molar-refractivity contribution in [3.05, 3.63) is 23.7 Å². The second-order valence-electron chi connectivity index (χ2n) is 3.56. The zero-order chi connectivity index (χ0) is 12.0. The average molecular weight is 226 g/mol. The molecule has 1 heterocycles. The van der Waals surface area contributed by atoms with E-state index in [0.717, 1.165) is 12.8 Å². The van der Waals surface area contributed by atoms with E-state index in [-0.39, 0.29) is 11.9 Å². The van der Waals surface area contributed by atoms with E-state index < -0.39 is 5.97 Å². The molecule has 0 fully saturated rings. The van der Waals surface area contributed by atoms with Crippen molar-refractivity contribution in [2.75, 3.05) is 13.7 Å². The fraction of sp³-hybridized carbons (Fsp3) is 0.583. The minimum atomic E-state index is -0.466. The Balaban J connectivity index is 2.52. The first kappa shape index (κ1) is 12.8. The van der Waals surface area contributed by atoms with Crippen molar-refractivity contribution in [2.45, 2.75) is 32.8 Å². The summed E-state index contributed by atoms with van der Waals surface area (Å²) in [5.74, 6) is 0.395. The fourth-order valence-corrected chi connectivity index (χ4v) is 1.27. The van der Waals surface area contributed by atoms with E-state index >= 15 is 0 Å².